The molecule has 0 unspecified atom stereocenters. The lowest BCUT2D eigenvalue weighted by molar-refractivity contribution is 0.101. The van der Waals surface area contributed by atoms with E-state index in [1.807, 2.05) is 0 Å². The molecule has 0 aliphatic rings. The normalized spacial score (nSPS) is 10.8. The summed E-state index contributed by atoms with van der Waals surface area (Å²) in [6.07, 6.45) is 2.28. The smallest absolute Gasteiger partial charge is 0.388 e. The van der Waals surface area contributed by atoms with Gasteiger partial charge in [0.05, 0.1) is 18.1 Å². The number of anilines is 1. The van der Waals surface area contributed by atoms with Crippen molar-refractivity contribution in [2.75, 3.05) is 5.32 Å². The molecule has 4 rings (SSSR count). The molecule has 156 valence electrons. The Morgan fingerprint density at radius 1 is 1.03 bits per heavy atom. The van der Waals surface area contributed by atoms with Crippen LogP contribution in [0, 0.1) is 17.5 Å². The highest BCUT2D eigenvalue weighted by molar-refractivity contribution is 6.04. The molecule has 0 aliphatic heterocycles. The second-order valence-electron chi connectivity index (χ2n) is 6.33. The fraction of sp³-hybridized carbons (Fsp3) is 0.0500. The summed E-state index contributed by atoms with van der Waals surface area (Å²) < 4.78 is 47.8. The van der Waals surface area contributed by atoms with Crippen molar-refractivity contribution in [3.63, 3.8) is 0 Å². The van der Waals surface area contributed by atoms with Crippen molar-refractivity contribution in [2.45, 2.75) is 0 Å². The average Bonchev–Trinajstić information content (AvgIpc) is 3.07. The first-order chi connectivity index (χ1) is 14.8. The second-order valence-corrected chi connectivity index (χ2v) is 6.33. The molecule has 11 heteroatoms. The Morgan fingerprint density at radius 3 is 2.39 bits per heavy atom. The lowest BCUT2D eigenvalue weighted by Gasteiger charge is -2.08. The molecule has 31 heavy (non-hydrogen) atoms. The maximum Gasteiger partial charge on any atom is 0.437 e. The van der Waals surface area contributed by atoms with Gasteiger partial charge in [0.1, 0.15) is 23.0 Å². The molecule has 8 nitrogen and oxygen atoms in total. The number of nitrogens with zero attached hydrogens (tertiary/aromatic N) is 4. The summed E-state index contributed by atoms with van der Waals surface area (Å²) in [5, 5.41) is 6.14. The van der Waals surface area contributed by atoms with Gasteiger partial charge >= 0.3 is 5.76 Å². The van der Waals surface area contributed by atoms with Crippen molar-refractivity contribution in [3.05, 3.63) is 82.4 Å². The zero-order chi connectivity index (χ0) is 22.1. The molecule has 4 aromatic rings. The summed E-state index contributed by atoms with van der Waals surface area (Å²) in [7, 11) is 1.41. The van der Waals surface area contributed by atoms with Crippen molar-refractivity contribution in [3.8, 4) is 22.7 Å². The van der Waals surface area contributed by atoms with E-state index < -0.39 is 34.7 Å². The summed E-state index contributed by atoms with van der Waals surface area (Å²) in [6, 6.07) is 6.94. The SMILES string of the molecule is Cn1nc(-c2ccc(F)c(-c3cnc(NC(=O)c4c(F)cccc4F)cn3)c2)oc1=O. The molecular weight excluding hydrogens is 415 g/mol. The Labute approximate surface area is 172 Å². The molecule has 0 saturated heterocycles. The Hall–Kier alpha value is -4.28. The van der Waals surface area contributed by atoms with Crippen LogP contribution in [-0.4, -0.2) is 25.7 Å². The predicted octanol–water partition coefficient (Wildman–Crippen LogP) is 3.17. The Bertz CT molecular complexity index is 1330. The number of carbonyl (C=O) groups excluding carboxylic acids is 1. The fourth-order valence-corrected chi connectivity index (χ4v) is 2.74. The van der Waals surface area contributed by atoms with Gasteiger partial charge in [-0.15, -0.1) is 5.10 Å². The Kier molecular flexibility index (Phi) is 5.07. The second kappa shape index (κ2) is 7.86. The van der Waals surface area contributed by atoms with Crippen LogP contribution in [0.25, 0.3) is 22.7 Å². The number of carbonyl (C=O) groups is 1. The van der Waals surface area contributed by atoms with Gasteiger partial charge in [-0.1, -0.05) is 6.07 Å². The Balaban J connectivity index is 1.60. The molecule has 0 fully saturated rings. The minimum absolute atomic E-state index is 0.00231. The topological polar surface area (TPSA) is 103 Å². The third-order valence-corrected chi connectivity index (χ3v) is 4.26. The molecule has 2 aromatic heterocycles. The molecule has 2 aromatic carbocycles. The monoisotopic (exact) mass is 427 g/mol. The van der Waals surface area contributed by atoms with E-state index in [2.05, 4.69) is 20.4 Å². The van der Waals surface area contributed by atoms with Crippen LogP contribution in [0.4, 0.5) is 19.0 Å². The fourth-order valence-electron chi connectivity index (χ4n) is 2.74. The van der Waals surface area contributed by atoms with Crippen LogP contribution in [0.5, 0.6) is 0 Å². The number of nitrogens with one attached hydrogen (secondary N) is 1. The van der Waals surface area contributed by atoms with Crippen molar-refractivity contribution < 1.29 is 22.4 Å². The van der Waals surface area contributed by atoms with Gasteiger partial charge < -0.3 is 9.73 Å². The zero-order valence-corrected chi connectivity index (χ0v) is 15.8. The van der Waals surface area contributed by atoms with Gasteiger partial charge in [-0.05, 0) is 30.3 Å². The Morgan fingerprint density at radius 2 is 1.77 bits per heavy atom. The predicted molar refractivity (Wildman–Crippen MR) is 102 cm³/mol. The third-order valence-electron chi connectivity index (χ3n) is 4.26. The summed E-state index contributed by atoms with van der Waals surface area (Å²) >= 11 is 0. The number of hydrogen-bond acceptors (Lipinski definition) is 6. The summed E-state index contributed by atoms with van der Waals surface area (Å²) in [4.78, 5) is 31.6. The third kappa shape index (κ3) is 3.92. The van der Waals surface area contributed by atoms with E-state index in [1.165, 1.54) is 25.4 Å². The number of hydrogen-bond donors (Lipinski definition) is 1. The lowest BCUT2D eigenvalue weighted by Crippen LogP contribution is -2.16. The minimum Gasteiger partial charge on any atom is -0.388 e. The van der Waals surface area contributed by atoms with E-state index >= 15 is 0 Å². The molecule has 1 N–H and O–H groups in total. The molecule has 0 bridgehead atoms. The van der Waals surface area contributed by atoms with E-state index in [-0.39, 0.29) is 23.0 Å². The van der Waals surface area contributed by atoms with Crippen molar-refractivity contribution >= 4 is 11.7 Å². The number of aromatic nitrogens is 4. The van der Waals surface area contributed by atoms with Crippen LogP contribution in [0.2, 0.25) is 0 Å². The van der Waals surface area contributed by atoms with Gasteiger partial charge in [0.2, 0.25) is 5.89 Å². The van der Waals surface area contributed by atoms with Crippen molar-refractivity contribution in [1.29, 1.82) is 0 Å². The molecule has 0 atom stereocenters. The van der Waals surface area contributed by atoms with Crippen LogP contribution >= 0.6 is 0 Å². The van der Waals surface area contributed by atoms with Crippen LogP contribution in [0.1, 0.15) is 10.4 Å². The van der Waals surface area contributed by atoms with Crippen LogP contribution in [0.15, 0.2) is 58.0 Å². The average molecular weight is 427 g/mol. The van der Waals surface area contributed by atoms with Gasteiger partial charge in [0.25, 0.3) is 5.91 Å². The summed E-state index contributed by atoms with van der Waals surface area (Å²) in [6.45, 7) is 0. The molecule has 1 amide bonds. The first-order valence-electron chi connectivity index (χ1n) is 8.75. The molecule has 0 radical (unpaired) electrons. The molecule has 0 saturated carbocycles. The van der Waals surface area contributed by atoms with Gasteiger partial charge in [-0.3, -0.25) is 9.78 Å². The zero-order valence-electron chi connectivity index (χ0n) is 15.8. The summed E-state index contributed by atoms with van der Waals surface area (Å²) in [5.74, 6) is -4.49. The highest BCUT2D eigenvalue weighted by Crippen LogP contribution is 2.26. The van der Waals surface area contributed by atoms with E-state index in [9.17, 15) is 22.8 Å². The van der Waals surface area contributed by atoms with Crippen LogP contribution in [0.3, 0.4) is 0 Å². The van der Waals surface area contributed by atoms with Gasteiger partial charge in [-0.2, -0.15) is 4.68 Å². The van der Waals surface area contributed by atoms with E-state index in [1.54, 1.807) is 0 Å². The number of benzene rings is 2. The van der Waals surface area contributed by atoms with Crippen molar-refractivity contribution in [2.24, 2.45) is 7.05 Å². The summed E-state index contributed by atoms with van der Waals surface area (Å²) in [5.41, 5.74) is -0.281. The molecule has 0 aliphatic carbocycles. The van der Waals surface area contributed by atoms with E-state index in [4.69, 9.17) is 4.42 Å². The van der Waals surface area contributed by atoms with E-state index in [0.717, 1.165) is 35.1 Å². The first kappa shape index (κ1) is 20.0. The van der Waals surface area contributed by atoms with Gasteiger partial charge in [-0.25, -0.2) is 22.9 Å². The van der Waals surface area contributed by atoms with Crippen LogP contribution < -0.4 is 11.1 Å². The molecule has 2 heterocycles. The largest absolute Gasteiger partial charge is 0.437 e. The number of aryl methyl sites for hydroxylation is 1. The lowest BCUT2D eigenvalue weighted by atomic mass is 10.1. The van der Waals surface area contributed by atoms with Crippen LogP contribution in [-0.2, 0) is 7.05 Å². The number of rotatable bonds is 4. The standard InChI is InChI=1S/C20H12F3N5O3/c1-28-20(30)31-19(27-28)10-5-6-12(21)11(7-10)15-8-25-16(9-24-15)26-18(29)17-13(22)3-2-4-14(17)23/h2-9H,1H3,(H,25,26,29). The van der Waals surface area contributed by atoms with Crippen molar-refractivity contribution in [1.82, 2.24) is 19.7 Å². The number of halogens is 3. The first-order valence-corrected chi connectivity index (χ1v) is 8.75. The highest BCUT2D eigenvalue weighted by atomic mass is 19.1. The molecular formula is C20H12F3N5O3. The molecule has 0 spiro atoms. The van der Waals surface area contributed by atoms with Gasteiger partial charge in [0, 0.05) is 18.2 Å². The minimum atomic E-state index is -1.05. The quantitative estimate of drug-likeness (QED) is 0.537. The number of amides is 1. The maximum atomic E-state index is 14.3. The van der Waals surface area contributed by atoms with Gasteiger partial charge in [0.15, 0.2) is 5.82 Å². The highest BCUT2D eigenvalue weighted by Gasteiger charge is 2.18. The maximum absolute atomic E-state index is 14.3. The van der Waals surface area contributed by atoms with E-state index in [0.29, 0.717) is 5.56 Å².